The van der Waals surface area contributed by atoms with E-state index in [1.165, 1.54) is 63.4 Å². The maximum Gasteiger partial charge on any atom is 0.161 e. The van der Waals surface area contributed by atoms with Gasteiger partial charge in [0.25, 0.3) is 0 Å². The molecule has 0 radical (unpaired) electrons. The van der Waals surface area contributed by atoms with E-state index in [0.29, 0.717) is 17.4 Å². The minimum Gasteiger partial charge on any atom is -0.493 e. The summed E-state index contributed by atoms with van der Waals surface area (Å²) < 4.78 is 13.9. The van der Waals surface area contributed by atoms with E-state index in [2.05, 4.69) is 53.7 Å². The lowest BCUT2D eigenvalue weighted by Crippen LogP contribution is -2.48. The summed E-state index contributed by atoms with van der Waals surface area (Å²) >= 11 is 0. The van der Waals surface area contributed by atoms with Crippen LogP contribution in [0.3, 0.4) is 0 Å². The van der Waals surface area contributed by atoms with Gasteiger partial charge in [-0.1, -0.05) is 49.6 Å². The molecular weight excluding hydrogens is 456 g/mol. The highest BCUT2D eigenvalue weighted by Gasteiger charge is 2.56. The molecular formula is C33H44N2O2. The Morgan fingerprint density at radius 1 is 1.14 bits per heavy atom. The normalized spacial score (nSPS) is 33.9. The number of ether oxygens (including phenoxy) is 2. The van der Waals surface area contributed by atoms with Gasteiger partial charge >= 0.3 is 0 Å². The molecule has 198 valence electrons. The molecule has 1 heterocycles. The fraction of sp³-hybridized carbons (Fsp3) is 0.606. The minimum atomic E-state index is 0.464. The highest BCUT2D eigenvalue weighted by atomic mass is 16.5. The molecule has 3 fully saturated rings. The number of rotatable bonds is 7. The van der Waals surface area contributed by atoms with Gasteiger partial charge in [-0.15, -0.1) is 0 Å². The quantitative estimate of drug-likeness (QED) is 0.285. The molecule has 2 aromatic rings. The van der Waals surface area contributed by atoms with Crippen molar-refractivity contribution in [3.05, 3.63) is 59.7 Å². The first kappa shape index (κ1) is 24.8. The van der Waals surface area contributed by atoms with Gasteiger partial charge in [-0.2, -0.15) is 0 Å². The maximum absolute atomic E-state index is 6.07. The second-order valence-corrected chi connectivity index (χ2v) is 12.8. The second kappa shape index (κ2) is 10.0. The first-order chi connectivity index (χ1) is 18.0. The third-order valence-electron chi connectivity index (χ3n) is 10.6. The topological polar surface area (TPSA) is 36.3 Å². The smallest absolute Gasteiger partial charge is 0.161 e. The summed E-state index contributed by atoms with van der Waals surface area (Å²) in [6.07, 6.45) is 24.0. The van der Waals surface area contributed by atoms with Gasteiger partial charge in [0.05, 0.1) is 20.0 Å². The second-order valence-electron chi connectivity index (χ2n) is 12.8. The van der Waals surface area contributed by atoms with Crippen LogP contribution in [-0.2, 0) is 6.54 Å². The fourth-order valence-electron chi connectivity index (χ4n) is 8.67. The maximum atomic E-state index is 6.07. The summed E-state index contributed by atoms with van der Waals surface area (Å²) in [4.78, 5) is 4.10. The molecule has 0 amide bonds. The number of aryl methyl sites for hydroxylation is 1. The summed E-state index contributed by atoms with van der Waals surface area (Å²) in [5, 5.41) is 0. The number of hydrogen-bond acceptors (Lipinski definition) is 3. The number of benzene rings is 1. The van der Waals surface area contributed by atoms with Crippen LogP contribution in [0.15, 0.2) is 54.1 Å². The Labute approximate surface area is 223 Å². The lowest BCUT2D eigenvalue weighted by molar-refractivity contribution is -0.0248. The molecule has 0 saturated heterocycles. The molecule has 0 spiro atoms. The van der Waals surface area contributed by atoms with Crippen molar-refractivity contribution in [2.24, 2.45) is 28.6 Å². The van der Waals surface area contributed by atoms with E-state index >= 15 is 0 Å². The molecule has 3 saturated carbocycles. The van der Waals surface area contributed by atoms with Crippen molar-refractivity contribution in [2.45, 2.75) is 84.6 Å². The largest absolute Gasteiger partial charge is 0.493 e. The van der Waals surface area contributed by atoms with Gasteiger partial charge in [-0.05, 0) is 104 Å². The van der Waals surface area contributed by atoms with E-state index in [1.807, 2.05) is 24.3 Å². The average molecular weight is 501 g/mol. The molecule has 4 aliphatic rings. The summed E-state index contributed by atoms with van der Waals surface area (Å²) in [5.41, 5.74) is 5.63. The van der Waals surface area contributed by atoms with Gasteiger partial charge in [0, 0.05) is 18.9 Å². The summed E-state index contributed by atoms with van der Waals surface area (Å²) in [6.45, 7) is 6.78. The summed E-state index contributed by atoms with van der Waals surface area (Å²) in [7, 11) is 1.74. The zero-order chi connectivity index (χ0) is 25.5. The molecule has 0 unspecified atom stereocenters. The number of nitrogens with zero attached hydrogens (tertiary/aromatic N) is 2. The lowest BCUT2D eigenvalue weighted by atomic mass is 9.48. The van der Waals surface area contributed by atoms with Crippen LogP contribution in [-0.4, -0.2) is 23.3 Å². The van der Waals surface area contributed by atoms with Gasteiger partial charge < -0.3 is 14.0 Å². The van der Waals surface area contributed by atoms with Gasteiger partial charge in [-0.25, -0.2) is 4.98 Å². The van der Waals surface area contributed by atoms with E-state index in [4.69, 9.17) is 9.47 Å². The van der Waals surface area contributed by atoms with Gasteiger partial charge in [0.1, 0.15) is 0 Å². The van der Waals surface area contributed by atoms with Crippen LogP contribution in [0.5, 0.6) is 11.5 Å². The first-order valence-corrected chi connectivity index (χ1v) is 14.6. The Hall–Kier alpha value is -2.49. The molecule has 0 aliphatic heterocycles. The molecule has 4 aliphatic carbocycles. The molecule has 4 heteroatoms. The SMILES string of the molecule is COc1cc(C=C2C[C@H]3[C@@H]4CC=C5CCCC[C@]5(C)[C@@H]4CC[C@]3(C)C2)ccc1OCCCn1ccnc1. The number of methoxy groups -OCH3 is 1. The van der Waals surface area contributed by atoms with E-state index in [1.54, 1.807) is 12.7 Å². The van der Waals surface area contributed by atoms with Crippen molar-refractivity contribution in [1.29, 1.82) is 0 Å². The summed E-state index contributed by atoms with van der Waals surface area (Å²) in [5.74, 6) is 4.25. The molecule has 0 N–H and O–H groups in total. The zero-order valence-corrected chi connectivity index (χ0v) is 23.0. The predicted octanol–water partition coefficient (Wildman–Crippen LogP) is 8.10. The standard InChI is InChI=1S/C33H44N2O2/c1-32-14-12-28-27(10-9-26-7-4-5-13-33(26,28)2)29(32)20-25(22-32)19-24-8-11-30(31(21-24)36-3)37-18-6-16-35-17-15-34-23-35/h8-9,11,15,17,19,21,23,27-29H,4-7,10,12-14,16,18,20,22H2,1-3H3/t27-,28-,29+,32-,33+/m1/s1. The van der Waals surface area contributed by atoms with E-state index in [0.717, 1.165) is 42.2 Å². The molecule has 1 aromatic carbocycles. The zero-order valence-electron chi connectivity index (χ0n) is 23.0. The van der Waals surface area contributed by atoms with E-state index in [-0.39, 0.29) is 0 Å². The monoisotopic (exact) mass is 500 g/mol. The van der Waals surface area contributed by atoms with E-state index in [9.17, 15) is 0 Å². The van der Waals surface area contributed by atoms with Crippen molar-refractivity contribution in [2.75, 3.05) is 13.7 Å². The van der Waals surface area contributed by atoms with Gasteiger partial charge in [0.15, 0.2) is 11.5 Å². The Bertz CT molecular complexity index is 1160. The summed E-state index contributed by atoms with van der Waals surface area (Å²) in [6, 6.07) is 6.44. The Balaban J connectivity index is 1.14. The van der Waals surface area contributed by atoms with Crippen LogP contribution in [0.25, 0.3) is 6.08 Å². The fourth-order valence-corrected chi connectivity index (χ4v) is 8.67. The van der Waals surface area contributed by atoms with Gasteiger partial charge in [0.2, 0.25) is 0 Å². The molecule has 1 aromatic heterocycles. The molecule has 37 heavy (non-hydrogen) atoms. The highest BCUT2D eigenvalue weighted by molar-refractivity contribution is 5.59. The number of aromatic nitrogens is 2. The van der Waals surface area contributed by atoms with Crippen LogP contribution in [0.4, 0.5) is 0 Å². The number of allylic oxidation sites excluding steroid dienone is 3. The van der Waals surface area contributed by atoms with Crippen LogP contribution in [0, 0.1) is 28.6 Å². The highest BCUT2D eigenvalue weighted by Crippen LogP contribution is 2.65. The van der Waals surface area contributed by atoms with Crippen molar-refractivity contribution in [3.63, 3.8) is 0 Å². The molecule has 5 atom stereocenters. The minimum absolute atomic E-state index is 0.464. The predicted molar refractivity (Wildman–Crippen MR) is 150 cm³/mol. The molecule has 0 bridgehead atoms. The van der Waals surface area contributed by atoms with Gasteiger partial charge in [-0.3, -0.25) is 0 Å². The number of imidazole rings is 1. The lowest BCUT2D eigenvalue weighted by Gasteiger charge is -2.56. The molecule has 6 rings (SSSR count). The van der Waals surface area contributed by atoms with E-state index < -0.39 is 0 Å². The first-order valence-electron chi connectivity index (χ1n) is 14.6. The van der Waals surface area contributed by atoms with Crippen LogP contribution in [0.2, 0.25) is 0 Å². The third kappa shape index (κ3) is 4.66. The Kier molecular flexibility index (Phi) is 6.71. The van der Waals surface area contributed by atoms with Crippen molar-refractivity contribution in [1.82, 2.24) is 9.55 Å². The van der Waals surface area contributed by atoms with Crippen LogP contribution >= 0.6 is 0 Å². The van der Waals surface area contributed by atoms with Crippen molar-refractivity contribution in [3.8, 4) is 11.5 Å². The van der Waals surface area contributed by atoms with Crippen LogP contribution < -0.4 is 9.47 Å². The number of hydrogen-bond donors (Lipinski definition) is 0. The third-order valence-corrected chi connectivity index (χ3v) is 10.6. The molecule has 4 nitrogen and oxygen atoms in total. The van der Waals surface area contributed by atoms with Crippen molar-refractivity contribution < 1.29 is 9.47 Å². The Morgan fingerprint density at radius 3 is 2.89 bits per heavy atom. The number of fused-ring (bicyclic) bond motifs is 5. The van der Waals surface area contributed by atoms with Crippen LogP contribution in [0.1, 0.15) is 83.6 Å². The Morgan fingerprint density at radius 2 is 2.05 bits per heavy atom. The average Bonchev–Trinajstić information content (AvgIpc) is 3.53. The van der Waals surface area contributed by atoms with Crippen molar-refractivity contribution >= 4 is 6.08 Å².